The molecule has 0 spiro atoms. The van der Waals surface area contributed by atoms with E-state index in [1.165, 1.54) is 33.3 Å². The quantitative estimate of drug-likeness (QED) is 0.196. The van der Waals surface area contributed by atoms with Gasteiger partial charge >= 0.3 is 12.3 Å². The van der Waals surface area contributed by atoms with Crippen molar-refractivity contribution in [2.24, 2.45) is 17.8 Å². The third-order valence-corrected chi connectivity index (χ3v) is 15.0. The Hall–Kier alpha value is -4.88. The smallest absolute Gasteiger partial charge is 0.411 e. The van der Waals surface area contributed by atoms with Gasteiger partial charge < -0.3 is 29.5 Å². The lowest BCUT2D eigenvalue weighted by Crippen LogP contribution is -2.66. The van der Waals surface area contributed by atoms with Gasteiger partial charge in [-0.1, -0.05) is 32.4 Å². The van der Waals surface area contributed by atoms with Gasteiger partial charge in [-0.05, 0) is 77.2 Å². The number of methoxy groups -OCH3 is 2. The largest absolute Gasteiger partial charge is 0.494 e. The van der Waals surface area contributed by atoms with Gasteiger partial charge in [-0.25, -0.2) is 22.6 Å². The van der Waals surface area contributed by atoms with E-state index in [0.29, 0.717) is 39.5 Å². The van der Waals surface area contributed by atoms with Crippen LogP contribution in [-0.2, 0) is 24.4 Å². The number of sulfonamides is 1. The van der Waals surface area contributed by atoms with Crippen LogP contribution in [0.3, 0.4) is 0 Å². The zero-order valence-electron chi connectivity index (χ0n) is 35.1. The standard InChI is InChI=1S/C41H53F4N5O10S/c1-8-23-15-22(2)11-9-10-12-24-20-40(24,36(53)48-61(56,57)39(5)13-14-39)47-34(51)29-16-25(21-49(29)35(52)33(23)50(37(54)55)38(3,4)41(43,44)45)60-30-19-32(59-7)46-28-18-31(58-6)27(42)17-26(28)30/h10,12,17-19,22-25,29,33H,8-9,11,13-16,20-21H2,1-7H3,(H,47,51)(H,48,53)(H,54,55)/t22-,23-,24-,25-,29+,33+,40-/m1/s1. The second-order valence-electron chi connectivity index (χ2n) is 17.5. The molecule has 3 N–H and O–H groups in total. The summed E-state index contributed by atoms with van der Waals surface area (Å²) in [6.07, 6.45) is -3.27. The Bertz CT molecular complexity index is 2220. The minimum atomic E-state index is -5.14. The molecule has 0 bridgehead atoms. The van der Waals surface area contributed by atoms with Crippen molar-refractivity contribution in [1.82, 2.24) is 24.8 Å². The molecule has 0 unspecified atom stereocenters. The fourth-order valence-corrected chi connectivity index (χ4v) is 9.79. The fraction of sp³-hybridized carbons (Fsp3) is 0.634. The lowest BCUT2D eigenvalue weighted by Gasteiger charge is -2.46. The summed E-state index contributed by atoms with van der Waals surface area (Å²) in [5, 5.41) is 13.4. The molecule has 2 aromatic rings. The molecule has 4 amide bonds. The van der Waals surface area contributed by atoms with Crippen LogP contribution in [0, 0.1) is 23.6 Å². The van der Waals surface area contributed by atoms with Gasteiger partial charge in [0.1, 0.15) is 35.0 Å². The highest BCUT2D eigenvalue weighted by molar-refractivity contribution is 7.91. The molecular weight excluding hydrogens is 831 g/mol. The fourth-order valence-electron chi connectivity index (χ4n) is 8.48. The summed E-state index contributed by atoms with van der Waals surface area (Å²) < 4.78 is 104. The molecule has 2 saturated carbocycles. The van der Waals surface area contributed by atoms with E-state index >= 15 is 9.18 Å². The van der Waals surface area contributed by atoms with E-state index in [4.69, 9.17) is 14.2 Å². The van der Waals surface area contributed by atoms with Crippen LogP contribution in [0.25, 0.3) is 10.9 Å². The number of hydrogen-bond donors (Lipinski definition) is 3. The van der Waals surface area contributed by atoms with E-state index in [9.17, 15) is 41.1 Å². The molecule has 7 atom stereocenters. The molecule has 2 aliphatic carbocycles. The lowest BCUT2D eigenvalue weighted by molar-refractivity contribution is -0.222. The molecule has 61 heavy (non-hydrogen) atoms. The number of nitrogens with zero attached hydrogens (tertiary/aromatic N) is 3. The van der Waals surface area contributed by atoms with Crippen molar-refractivity contribution in [3.63, 3.8) is 0 Å². The highest BCUT2D eigenvalue weighted by Gasteiger charge is 2.64. The van der Waals surface area contributed by atoms with Crippen LogP contribution >= 0.6 is 0 Å². The molecular formula is C41H53F4N5O10S. The van der Waals surface area contributed by atoms with Gasteiger partial charge in [-0.2, -0.15) is 13.2 Å². The highest BCUT2D eigenvalue weighted by atomic mass is 32.2. The zero-order valence-corrected chi connectivity index (χ0v) is 35.9. The van der Waals surface area contributed by atoms with Crippen LogP contribution in [0.15, 0.2) is 30.4 Å². The van der Waals surface area contributed by atoms with Gasteiger partial charge in [0, 0.05) is 29.9 Å². The van der Waals surface area contributed by atoms with Crippen molar-refractivity contribution in [2.75, 3.05) is 20.8 Å². The number of fused-ring (bicyclic) bond motifs is 3. The Morgan fingerprint density at radius 3 is 2.38 bits per heavy atom. The van der Waals surface area contributed by atoms with Crippen LogP contribution in [0.2, 0.25) is 0 Å². The predicted molar refractivity (Wildman–Crippen MR) is 213 cm³/mol. The summed E-state index contributed by atoms with van der Waals surface area (Å²) >= 11 is 0. The molecule has 3 fully saturated rings. The topological polar surface area (TPSA) is 194 Å². The van der Waals surface area contributed by atoms with Gasteiger partial charge in [0.15, 0.2) is 11.6 Å². The summed E-state index contributed by atoms with van der Waals surface area (Å²) in [5.41, 5.74) is -4.66. The number of aromatic nitrogens is 1. The third-order valence-electron chi connectivity index (χ3n) is 12.9. The Kier molecular flexibility index (Phi) is 12.3. The molecule has 3 heterocycles. The first-order valence-electron chi connectivity index (χ1n) is 20.3. The van der Waals surface area contributed by atoms with Crippen molar-refractivity contribution >= 4 is 44.7 Å². The van der Waals surface area contributed by atoms with Crippen molar-refractivity contribution in [2.45, 2.75) is 126 Å². The molecule has 1 saturated heterocycles. The molecule has 6 rings (SSSR count). The Morgan fingerprint density at radius 1 is 1.10 bits per heavy atom. The van der Waals surface area contributed by atoms with E-state index in [1.54, 1.807) is 19.1 Å². The SMILES string of the molecule is CC[C@@H]1C[C@H](C)CCC=C[C@@H]2C[C@@]2(C(=O)NS(=O)(=O)C2(C)CC2)NC(=O)[C@@H]2C[C@@H](Oc3cc(OC)nc4cc(OC)c(F)cc34)CN2C(=O)[C@H]1N(C(=O)O)C(C)(C)C(F)(F)F. The second kappa shape index (κ2) is 16.4. The summed E-state index contributed by atoms with van der Waals surface area (Å²) in [6.45, 7) is 5.87. The Morgan fingerprint density at radius 2 is 1.79 bits per heavy atom. The van der Waals surface area contributed by atoms with Crippen LogP contribution in [-0.4, -0.2) is 113 Å². The first-order valence-corrected chi connectivity index (χ1v) is 21.8. The van der Waals surface area contributed by atoms with Crippen LogP contribution in [0.1, 0.15) is 86.0 Å². The van der Waals surface area contributed by atoms with E-state index < -0.39 is 98.2 Å². The maximum Gasteiger partial charge on any atom is 0.411 e. The number of rotatable bonds is 10. The second-order valence-corrected chi connectivity index (χ2v) is 19.7. The van der Waals surface area contributed by atoms with E-state index in [-0.39, 0.29) is 64.8 Å². The van der Waals surface area contributed by atoms with Crippen molar-refractivity contribution in [3.05, 3.63) is 36.2 Å². The predicted octanol–water partition coefficient (Wildman–Crippen LogP) is 5.70. The minimum Gasteiger partial charge on any atom is -0.494 e. The first-order chi connectivity index (χ1) is 28.4. The number of ether oxygens (including phenoxy) is 3. The van der Waals surface area contributed by atoms with Gasteiger partial charge in [-0.3, -0.25) is 24.0 Å². The number of halogens is 4. The van der Waals surface area contributed by atoms with Gasteiger partial charge in [0.2, 0.25) is 27.7 Å². The van der Waals surface area contributed by atoms with Crippen LogP contribution in [0.4, 0.5) is 22.4 Å². The van der Waals surface area contributed by atoms with Crippen molar-refractivity contribution in [1.29, 1.82) is 0 Å². The molecule has 1 aromatic carbocycles. The number of carboxylic acid groups (broad SMARTS) is 1. The number of nitrogens with one attached hydrogen (secondary N) is 2. The molecule has 2 aliphatic heterocycles. The monoisotopic (exact) mass is 883 g/mol. The number of alkyl halides is 3. The first kappa shape index (κ1) is 45.6. The molecule has 4 aliphatic rings. The van der Waals surface area contributed by atoms with Gasteiger partial charge in [-0.15, -0.1) is 0 Å². The number of amides is 4. The summed E-state index contributed by atoms with van der Waals surface area (Å²) in [7, 11) is -1.56. The highest BCUT2D eigenvalue weighted by Crippen LogP contribution is 2.48. The van der Waals surface area contributed by atoms with Crippen molar-refractivity contribution < 1.29 is 64.5 Å². The molecule has 1 aromatic heterocycles. The average Bonchev–Trinajstić information content (AvgIpc) is 4.06. The molecule has 0 radical (unpaired) electrons. The number of carbonyl (C=O) groups is 4. The molecule has 336 valence electrons. The maximum atomic E-state index is 15.2. The van der Waals surface area contributed by atoms with Crippen molar-refractivity contribution in [3.8, 4) is 17.4 Å². The molecule has 20 heteroatoms. The Labute approximate surface area is 351 Å². The van der Waals surface area contributed by atoms with Gasteiger partial charge in [0.05, 0.1) is 31.0 Å². The average molecular weight is 884 g/mol. The Balaban J connectivity index is 1.46. The summed E-state index contributed by atoms with van der Waals surface area (Å²) in [4.78, 5) is 62.4. The van der Waals surface area contributed by atoms with Crippen LogP contribution < -0.4 is 24.2 Å². The van der Waals surface area contributed by atoms with E-state index in [0.717, 1.165) is 11.0 Å². The number of allylic oxidation sites excluding steroid dienone is 1. The van der Waals surface area contributed by atoms with Crippen LogP contribution in [0.5, 0.6) is 17.4 Å². The normalized spacial score (nSPS) is 28.1. The summed E-state index contributed by atoms with van der Waals surface area (Å²) in [6, 6.07) is 0.250. The van der Waals surface area contributed by atoms with E-state index in [2.05, 4.69) is 15.0 Å². The minimum absolute atomic E-state index is 0.00759. The number of pyridine rings is 1. The van der Waals surface area contributed by atoms with E-state index in [1.807, 2.05) is 6.92 Å². The molecule has 15 nitrogen and oxygen atoms in total. The maximum absolute atomic E-state index is 15.2. The van der Waals surface area contributed by atoms with Gasteiger partial charge in [0.25, 0.3) is 5.91 Å². The number of carbonyl (C=O) groups excluding carboxylic acids is 3. The number of hydrogen-bond acceptors (Lipinski definition) is 10. The lowest BCUT2D eigenvalue weighted by atomic mass is 9.82. The number of benzene rings is 1. The summed E-state index contributed by atoms with van der Waals surface area (Å²) in [5.74, 6) is -5.70. The zero-order chi connectivity index (χ0) is 45.0. The third kappa shape index (κ3) is 8.65.